The van der Waals surface area contributed by atoms with Crippen molar-refractivity contribution in [3.05, 3.63) is 35.4 Å². The van der Waals surface area contributed by atoms with Crippen molar-refractivity contribution >= 4 is 5.97 Å². The predicted molar refractivity (Wildman–Crippen MR) is 80.8 cm³/mol. The Morgan fingerprint density at radius 1 is 1.15 bits per heavy atom. The molecule has 0 spiro atoms. The fourth-order valence-corrected chi connectivity index (χ4v) is 2.99. The molecule has 0 amide bonds. The van der Waals surface area contributed by atoms with Crippen molar-refractivity contribution in [2.75, 3.05) is 13.1 Å². The Morgan fingerprint density at radius 2 is 1.75 bits per heavy atom. The number of carboxylic acid groups (broad SMARTS) is 1. The number of rotatable bonds is 5. The average molecular weight is 275 g/mol. The summed E-state index contributed by atoms with van der Waals surface area (Å²) >= 11 is 0. The highest BCUT2D eigenvalue weighted by Gasteiger charge is 2.28. The zero-order valence-electron chi connectivity index (χ0n) is 12.5. The number of aliphatic carboxylic acids is 1. The third kappa shape index (κ3) is 3.83. The monoisotopic (exact) mass is 275 g/mol. The van der Waals surface area contributed by atoms with Gasteiger partial charge in [0.2, 0.25) is 0 Å². The van der Waals surface area contributed by atoms with Crippen LogP contribution in [0.1, 0.15) is 50.3 Å². The van der Waals surface area contributed by atoms with Crippen molar-refractivity contribution in [3.8, 4) is 0 Å². The minimum Gasteiger partial charge on any atom is -0.480 e. The van der Waals surface area contributed by atoms with E-state index in [1.807, 2.05) is 12.1 Å². The van der Waals surface area contributed by atoms with Gasteiger partial charge in [0.25, 0.3) is 0 Å². The fourth-order valence-electron chi connectivity index (χ4n) is 2.99. The number of benzene rings is 1. The van der Waals surface area contributed by atoms with Gasteiger partial charge in [0.05, 0.1) is 0 Å². The lowest BCUT2D eigenvalue weighted by Crippen LogP contribution is -2.37. The molecule has 1 atom stereocenters. The molecule has 1 aliphatic rings. The van der Waals surface area contributed by atoms with Crippen LogP contribution in [-0.4, -0.2) is 29.1 Å². The lowest BCUT2D eigenvalue weighted by molar-refractivity contribution is -0.144. The Labute approximate surface area is 121 Å². The Hall–Kier alpha value is -1.35. The highest BCUT2D eigenvalue weighted by Crippen LogP contribution is 2.25. The summed E-state index contributed by atoms with van der Waals surface area (Å²) in [6, 6.07) is 7.66. The van der Waals surface area contributed by atoms with Crippen molar-refractivity contribution in [3.63, 3.8) is 0 Å². The van der Waals surface area contributed by atoms with Gasteiger partial charge in [0, 0.05) is 0 Å². The highest BCUT2D eigenvalue weighted by atomic mass is 16.4. The highest BCUT2D eigenvalue weighted by molar-refractivity contribution is 5.75. The SMILES string of the molecule is CC(C)Cc1ccc(C(C(=O)O)N2CCCCC2)cc1. The lowest BCUT2D eigenvalue weighted by atomic mass is 9.97. The number of piperidine rings is 1. The standard InChI is InChI=1S/C17H25NO2/c1-13(2)12-14-6-8-15(9-7-14)16(17(19)20)18-10-4-3-5-11-18/h6-9,13,16H,3-5,10-12H2,1-2H3,(H,19,20). The van der Waals surface area contributed by atoms with Gasteiger partial charge in [0.15, 0.2) is 0 Å². The van der Waals surface area contributed by atoms with Gasteiger partial charge in [-0.05, 0) is 49.4 Å². The van der Waals surface area contributed by atoms with Crippen LogP contribution in [0.5, 0.6) is 0 Å². The number of carbonyl (C=O) groups is 1. The molecule has 110 valence electrons. The third-order valence-corrected chi connectivity index (χ3v) is 3.93. The number of hydrogen-bond acceptors (Lipinski definition) is 2. The Kier molecular flexibility index (Phi) is 5.18. The van der Waals surface area contributed by atoms with E-state index < -0.39 is 12.0 Å². The van der Waals surface area contributed by atoms with Crippen molar-refractivity contribution in [1.29, 1.82) is 0 Å². The van der Waals surface area contributed by atoms with Crippen LogP contribution < -0.4 is 0 Å². The van der Waals surface area contributed by atoms with Crippen molar-refractivity contribution < 1.29 is 9.90 Å². The van der Waals surface area contributed by atoms with Crippen molar-refractivity contribution in [1.82, 2.24) is 4.90 Å². The summed E-state index contributed by atoms with van der Waals surface area (Å²) in [5.74, 6) is -0.110. The molecule has 1 saturated heterocycles. The van der Waals surface area contributed by atoms with Gasteiger partial charge in [0.1, 0.15) is 6.04 Å². The molecule has 1 heterocycles. The molecule has 1 unspecified atom stereocenters. The molecule has 1 aromatic rings. The second-order valence-corrected chi connectivity index (χ2v) is 6.18. The molecule has 1 aliphatic heterocycles. The topological polar surface area (TPSA) is 40.5 Å². The van der Waals surface area contributed by atoms with E-state index in [1.54, 1.807) is 0 Å². The summed E-state index contributed by atoms with van der Waals surface area (Å²) in [6.45, 7) is 6.18. The first kappa shape index (κ1) is 15.0. The van der Waals surface area contributed by atoms with Crippen LogP contribution in [0, 0.1) is 5.92 Å². The summed E-state index contributed by atoms with van der Waals surface area (Å²) in [6.07, 6.45) is 4.47. The molecule has 0 radical (unpaired) electrons. The molecule has 1 aromatic carbocycles. The first-order chi connectivity index (χ1) is 9.58. The normalized spacial score (nSPS) is 18.1. The number of hydrogen-bond donors (Lipinski definition) is 1. The van der Waals surface area contributed by atoms with Gasteiger partial charge in [-0.3, -0.25) is 9.69 Å². The molecular formula is C17H25NO2. The summed E-state index contributed by atoms with van der Waals surface area (Å²) < 4.78 is 0. The van der Waals surface area contributed by atoms with Gasteiger partial charge in [-0.2, -0.15) is 0 Å². The van der Waals surface area contributed by atoms with Gasteiger partial charge < -0.3 is 5.11 Å². The molecule has 2 rings (SSSR count). The van der Waals surface area contributed by atoms with E-state index in [4.69, 9.17) is 0 Å². The van der Waals surface area contributed by atoms with E-state index in [9.17, 15) is 9.90 Å². The van der Waals surface area contributed by atoms with Crippen LogP contribution in [0.4, 0.5) is 0 Å². The van der Waals surface area contributed by atoms with Crippen molar-refractivity contribution in [2.45, 2.75) is 45.6 Å². The second kappa shape index (κ2) is 6.89. The summed E-state index contributed by atoms with van der Waals surface area (Å²) in [5, 5.41) is 9.55. The minimum absolute atomic E-state index is 0.483. The lowest BCUT2D eigenvalue weighted by Gasteiger charge is -2.32. The van der Waals surface area contributed by atoms with Crippen LogP contribution in [0.2, 0.25) is 0 Å². The maximum atomic E-state index is 11.6. The van der Waals surface area contributed by atoms with E-state index in [0.717, 1.165) is 37.9 Å². The molecule has 0 aliphatic carbocycles. The number of carboxylic acids is 1. The van der Waals surface area contributed by atoms with Crippen LogP contribution in [0.3, 0.4) is 0 Å². The predicted octanol–water partition coefficient (Wildman–Crippen LogP) is 3.50. The van der Waals surface area contributed by atoms with Gasteiger partial charge in [-0.1, -0.05) is 44.5 Å². The van der Waals surface area contributed by atoms with Gasteiger partial charge in [-0.25, -0.2) is 0 Å². The largest absolute Gasteiger partial charge is 0.480 e. The van der Waals surface area contributed by atoms with Crippen molar-refractivity contribution in [2.24, 2.45) is 5.92 Å². The molecule has 0 aromatic heterocycles. The van der Waals surface area contributed by atoms with Crippen LogP contribution in [0.15, 0.2) is 24.3 Å². The Bertz CT molecular complexity index is 433. The maximum absolute atomic E-state index is 11.6. The first-order valence-electron chi connectivity index (χ1n) is 7.63. The molecular weight excluding hydrogens is 250 g/mol. The van der Waals surface area contributed by atoms with E-state index in [0.29, 0.717) is 5.92 Å². The molecule has 1 N–H and O–H groups in total. The second-order valence-electron chi connectivity index (χ2n) is 6.18. The van der Waals surface area contributed by atoms with Gasteiger partial charge >= 0.3 is 5.97 Å². The van der Waals surface area contributed by atoms with Crippen LogP contribution in [0.25, 0.3) is 0 Å². The zero-order valence-corrected chi connectivity index (χ0v) is 12.5. The summed E-state index contributed by atoms with van der Waals surface area (Å²) in [4.78, 5) is 13.7. The Balaban J connectivity index is 2.14. The van der Waals surface area contributed by atoms with E-state index >= 15 is 0 Å². The molecule has 1 fully saturated rings. The fraction of sp³-hybridized carbons (Fsp3) is 0.588. The minimum atomic E-state index is -0.733. The maximum Gasteiger partial charge on any atom is 0.325 e. The molecule has 20 heavy (non-hydrogen) atoms. The number of nitrogens with zero attached hydrogens (tertiary/aromatic N) is 1. The quantitative estimate of drug-likeness (QED) is 0.894. The van der Waals surface area contributed by atoms with E-state index in [-0.39, 0.29) is 0 Å². The smallest absolute Gasteiger partial charge is 0.325 e. The average Bonchev–Trinajstić information content (AvgIpc) is 2.41. The Morgan fingerprint density at radius 3 is 2.25 bits per heavy atom. The third-order valence-electron chi connectivity index (χ3n) is 3.93. The molecule has 0 saturated carbocycles. The molecule has 3 nitrogen and oxygen atoms in total. The van der Waals surface area contributed by atoms with Gasteiger partial charge in [-0.15, -0.1) is 0 Å². The van der Waals surface area contributed by atoms with Crippen LogP contribution >= 0.6 is 0 Å². The molecule has 3 heteroatoms. The summed E-state index contributed by atoms with van der Waals surface area (Å²) in [5.41, 5.74) is 2.19. The van der Waals surface area contributed by atoms with E-state index in [2.05, 4.69) is 30.9 Å². The van der Waals surface area contributed by atoms with Crippen LogP contribution in [-0.2, 0) is 11.2 Å². The molecule has 0 bridgehead atoms. The summed E-state index contributed by atoms with van der Waals surface area (Å²) in [7, 11) is 0. The first-order valence-corrected chi connectivity index (χ1v) is 7.63. The van der Waals surface area contributed by atoms with E-state index in [1.165, 1.54) is 12.0 Å². The zero-order chi connectivity index (χ0) is 14.5. The number of likely N-dealkylation sites (tertiary alicyclic amines) is 1.